The Bertz CT molecular complexity index is 846. The van der Waals surface area contributed by atoms with E-state index in [1.807, 2.05) is 0 Å². The van der Waals surface area contributed by atoms with Crippen molar-refractivity contribution in [1.29, 1.82) is 0 Å². The van der Waals surface area contributed by atoms with Crippen LogP contribution in [-0.4, -0.2) is 28.9 Å². The lowest BCUT2D eigenvalue weighted by Crippen LogP contribution is -2.16. The highest BCUT2D eigenvalue weighted by molar-refractivity contribution is 6.27. The summed E-state index contributed by atoms with van der Waals surface area (Å²) < 4.78 is 5.15. The van der Waals surface area contributed by atoms with E-state index in [0.717, 1.165) is 0 Å². The zero-order valence-corrected chi connectivity index (χ0v) is 11.4. The molecule has 0 radical (unpaired) electrons. The summed E-state index contributed by atoms with van der Waals surface area (Å²) in [5, 5.41) is 20.8. The Morgan fingerprint density at radius 1 is 1.05 bits per heavy atom. The van der Waals surface area contributed by atoms with Gasteiger partial charge in [-0.15, -0.1) is 0 Å². The molecule has 2 aromatic rings. The Labute approximate surface area is 120 Å². The molecule has 1 aliphatic rings. The molecule has 0 amide bonds. The van der Waals surface area contributed by atoms with E-state index in [4.69, 9.17) is 4.74 Å². The van der Waals surface area contributed by atoms with Crippen molar-refractivity contribution in [3.63, 3.8) is 0 Å². The monoisotopic (exact) mass is 284 g/mol. The number of Topliss-reactive ketones (excluding diaryl/α,β-unsaturated/α-hetero) is 1. The predicted molar refractivity (Wildman–Crippen MR) is 76.2 cm³/mol. The molecule has 0 saturated carbocycles. The van der Waals surface area contributed by atoms with Crippen molar-refractivity contribution in [2.75, 3.05) is 7.11 Å². The molecule has 5 heteroatoms. The number of methoxy groups -OCH3 is 1. The van der Waals surface area contributed by atoms with Gasteiger partial charge in [-0.05, 0) is 25.1 Å². The summed E-state index contributed by atoms with van der Waals surface area (Å²) in [7, 11) is 1.42. The highest BCUT2D eigenvalue weighted by Crippen LogP contribution is 2.41. The van der Waals surface area contributed by atoms with E-state index in [9.17, 15) is 19.8 Å². The van der Waals surface area contributed by atoms with E-state index >= 15 is 0 Å². The second-order valence-corrected chi connectivity index (χ2v) is 4.91. The van der Waals surface area contributed by atoms with Gasteiger partial charge in [0.2, 0.25) is 0 Å². The molecular weight excluding hydrogens is 272 g/mol. The summed E-state index contributed by atoms with van der Waals surface area (Å²) in [6, 6.07) is 4.22. The number of phenols is 2. The SMILES string of the molecule is COc1cc(O)cc2c(O)c3c(cc12)C(=O)C=C(C)C3=O. The van der Waals surface area contributed by atoms with Crippen molar-refractivity contribution in [2.45, 2.75) is 6.92 Å². The third-order valence-electron chi connectivity index (χ3n) is 3.59. The number of benzene rings is 2. The van der Waals surface area contributed by atoms with Crippen LogP contribution in [-0.2, 0) is 0 Å². The molecule has 106 valence electrons. The highest BCUT2D eigenvalue weighted by atomic mass is 16.5. The van der Waals surface area contributed by atoms with Gasteiger partial charge in [0.25, 0.3) is 0 Å². The van der Waals surface area contributed by atoms with Gasteiger partial charge < -0.3 is 14.9 Å². The fraction of sp³-hybridized carbons (Fsp3) is 0.125. The fourth-order valence-corrected chi connectivity index (χ4v) is 2.57. The van der Waals surface area contributed by atoms with E-state index in [-0.39, 0.29) is 39.4 Å². The molecule has 0 aliphatic heterocycles. The zero-order valence-electron chi connectivity index (χ0n) is 11.4. The minimum atomic E-state index is -0.397. The standard InChI is InChI=1S/C16H12O5/c1-7-3-12(18)11-6-9-10(16(20)14(11)15(7)19)4-8(17)5-13(9)21-2/h3-6,17,20H,1-2H3. The molecule has 21 heavy (non-hydrogen) atoms. The number of hydrogen-bond acceptors (Lipinski definition) is 5. The lowest BCUT2D eigenvalue weighted by atomic mass is 9.87. The maximum absolute atomic E-state index is 12.2. The Kier molecular flexibility index (Phi) is 2.73. The molecule has 0 unspecified atom stereocenters. The van der Waals surface area contributed by atoms with Crippen molar-refractivity contribution < 1.29 is 24.5 Å². The van der Waals surface area contributed by atoms with Crippen molar-refractivity contribution in [2.24, 2.45) is 0 Å². The van der Waals surface area contributed by atoms with Crippen LogP contribution in [0.5, 0.6) is 17.2 Å². The number of allylic oxidation sites excluding steroid dienone is 2. The first-order valence-corrected chi connectivity index (χ1v) is 6.28. The van der Waals surface area contributed by atoms with E-state index in [0.29, 0.717) is 11.1 Å². The number of ketones is 2. The molecule has 1 aliphatic carbocycles. The quantitative estimate of drug-likeness (QED) is 0.840. The normalized spacial score (nSPS) is 14.1. The van der Waals surface area contributed by atoms with Crippen molar-refractivity contribution in [1.82, 2.24) is 0 Å². The topological polar surface area (TPSA) is 83.8 Å². The van der Waals surface area contributed by atoms with Crippen LogP contribution in [0.4, 0.5) is 0 Å². The Balaban J connectivity index is 2.47. The second kappa shape index (κ2) is 4.34. The van der Waals surface area contributed by atoms with Gasteiger partial charge in [0.05, 0.1) is 12.7 Å². The zero-order chi connectivity index (χ0) is 15.3. The summed E-state index contributed by atoms with van der Waals surface area (Å²) in [5.41, 5.74) is 0.383. The van der Waals surface area contributed by atoms with Crippen molar-refractivity contribution >= 4 is 22.3 Å². The lowest BCUT2D eigenvalue weighted by Gasteiger charge is -2.17. The third-order valence-corrected chi connectivity index (χ3v) is 3.59. The average molecular weight is 284 g/mol. The van der Waals surface area contributed by atoms with E-state index in [1.54, 1.807) is 0 Å². The van der Waals surface area contributed by atoms with Crippen LogP contribution in [0.1, 0.15) is 27.6 Å². The van der Waals surface area contributed by atoms with Crippen LogP contribution in [0.2, 0.25) is 0 Å². The molecule has 5 nitrogen and oxygen atoms in total. The molecule has 0 saturated heterocycles. The molecule has 2 aromatic carbocycles. The Morgan fingerprint density at radius 2 is 1.76 bits per heavy atom. The maximum atomic E-state index is 12.2. The molecule has 3 rings (SSSR count). The number of rotatable bonds is 1. The summed E-state index contributed by atoms with van der Waals surface area (Å²) in [5.74, 6) is -0.839. The molecule has 0 fully saturated rings. The summed E-state index contributed by atoms with van der Waals surface area (Å²) >= 11 is 0. The first kappa shape index (κ1) is 13.2. The molecular formula is C16H12O5. The summed E-state index contributed by atoms with van der Waals surface area (Å²) in [4.78, 5) is 24.3. The van der Waals surface area contributed by atoms with Gasteiger partial charge in [-0.1, -0.05) is 0 Å². The van der Waals surface area contributed by atoms with Gasteiger partial charge in [-0.2, -0.15) is 0 Å². The van der Waals surface area contributed by atoms with Gasteiger partial charge in [0.15, 0.2) is 11.6 Å². The van der Waals surface area contributed by atoms with E-state index in [2.05, 4.69) is 0 Å². The molecule has 2 N–H and O–H groups in total. The van der Waals surface area contributed by atoms with Gasteiger partial charge in [0.1, 0.15) is 17.2 Å². The minimum absolute atomic E-state index is 0.0276. The molecule has 0 heterocycles. The maximum Gasteiger partial charge on any atom is 0.193 e. The van der Waals surface area contributed by atoms with E-state index in [1.165, 1.54) is 38.3 Å². The summed E-state index contributed by atoms with van der Waals surface area (Å²) in [6.07, 6.45) is 1.25. The Morgan fingerprint density at radius 3 is 2.43 bits per heavy atom. The number of aromatic hydroxyl groups is 2. The highest BCUT2D eigenvalue weighted by Gasteiger charge is 2.28. The second-order valence-electron chi connectivity index (χ2n) is 4.91. The van der Waals surface area contributed by atoms with Crippen LogP contribution in [0.3, 0.4) is 0 Å². The van der Waals surface area contributed by atoms with Gasteiger partial charge in [-0.3, -0.25) is 9.59 Å². The van der Waals surface area contributed by atoms with Gasteiger partial charge in [-0.25, -0.2) is 0 Å². The third kappa shape index (κ3) is 1.78. The predicted octanol–water partition coefficient (Wildman–Crippen LogP) is 2.58. The molecule has 0 bridgehead atoms. The first-order chi connectivity index (χ1) is 9.93. The van der Waals surface area contributed by atoms with Crippen LogP contribution in [0.15, 0.2) is 29.8 Å². The summed E-state index contributed by atoms with van der Waals surface area (Å²) in [6.45, 7) is 1.52. The van der Waals surface area contributed by atoms with Crippen molar-refractivity contribution in [3.8, 4) is 17.2 Å². The molecule has 0 aromatic heterocycles. The molecule has 0 spiro atoms. The largest absolute Gasteiger partial charge is 0.508 e. The Hall–Kier alpha value is -2.82. The number of carbonyl (C=O) groups is 2. The number of ether oxygens (including phenoxy) is 1. The lowest BCUT2D eigenvalue weighted by molar-refractivity contribution is 0.0982. The number of hydrogen-bond donors (Lipinski definition) is 2. The average Bonchev–Trinajstić information content (AvgIpc) is 2.44. The first-order valence-electron chi connectivity index (χ1n) is 6.28. The fourth-order valence-electron chi connectivity index (χ4n) is 2.57. The number of fused-ring (bicyclic) bond motifs is 2. The van der Waals surface area contributed by atoms with Crippen LogP contribution in [0.25, 0.3) is 10.8 Å². The number of carbonyl (C=O) groups excluding carboxylic acids is 2. The van der Waals surface area contributed by atoms with Gasteiger partial charge in [0, 0.05) is 28.0 Å². The minimum Gasteiger partial charge on any atom is -0.508 e. The number of phenolic OH excluding ortho intramolecular Hbond substituents is 2. The van der Waals surface area contributed by atoms with E-state index < -0.39 is 5.78 Å². The van der Waals surface area contributed by atoms with Gasteiger partial charge >= 0.3 is 0 Å². The molecule has 0 atom stereocenters. The van der Waals surface area contributed by atoms with Crippen LogP contribution < -0.4 is 4.74 Å². The van der Waals surface area contributed by atoms with Crippen LogP contribution >= 0.6 is 0 Å². The van der Waals surface area contributed by atoms with Crippen LogP contribution in [0, 0.1) is 0 Å². The van der Waals surface area contributed by atoms with Crippen molar-refractivity contribution in [3.05, 3.63) is 41.0 Å². The smallest absolute Gasteiger partial charge is 0.193 e.